The summed E-state index contributed by atoms with van der Waals surface area (Å²) >= 11 is 0. The van der Waals surface area contributed by atoms with Gasteiger partial charge in [0.2, 0.25) is 0 Å². The monoisotopic (exact) mass is 478 g/mol. The van der Waals surface area contributed by atoms with Crippen LogP contribution in [0.1, 0.15) is 24.0 Å². The number of hydrogen-bond acceptors (Lipinski definition) is 6. The SMILES string of the molecule is COC1CCN(CC#Cc2ccc3ncnc(Nc4ccc(Oc5ccccc5)c(C)c4)c3c2)CC1. The van der Waals surface area contributed by atoms with Gasteiger partial charge in [0.25, 0.3) is 0 Å². The number of nitrogens with one attached hydrogen (secondary N) is 1. The maximum Gasteiger partial charge on any atom is 0.141 e. The third-order valence-electron chi connectivity index (χ3n) is 6.45. The number of nitrogens with zero attached hydrogens (tertiary/aromatic N) is 3. The summed E-state index contributed by atoms with van der Waals surface area (Å²) in [6.07, 6.45) is 4.11. The molecule has 0 radical (unpaired) electrons. The number of rotatable bonds is 6. The third-order valence-corrected chi connectivity index (χ3v) is 6.45. The highest BCUT2D eigenvalue weighted by Gasteiger charge is 2.17. The first-order valence-electron chi connectivity index (χ1n) is 12.3. The fourth-order valence-corrected chi connectivity index (χ4v) is 4.38. The number of anilines is 2. The number of aryl methyl sites for hydroxylation is 1. The number of hydrogen-bond donors (Lipinski definition) is 1. The van der Waals surface area contributed by atoms with Crippen molar-refractivity contribution >= 4 is 22.4 Å². The summed E-state index contributed by atoms with van der Waals surface area (Å²) in [5, 5.41) is 4.39. The molecule has 182 valence electrons. The largest absolute Gasteiger partial charge is 0.457 e. The number of methoxy groups -OCH3 is 1. The molecule has 0 bridgehead atoms. The highest BCUT2D eigenvalue weighted by atomic mass is 16.5. The van der Waals surface area contributed by atoms with Crippen molar-refractivity contribution in [2.45, 2.75) is 25.9 Å². The summed E-state index contributed by atoms with van der Waals surface area (Å²) in [6, 6.07) is 21.9. The maximum absolute atomic E-state index is 6.01. The minimum Gasteiger partial charge on any atom is -0.457 e. The van der Waals surface area contributed by atoms with E-state index in [2.05, 4.69) is 44.2 Å². The minimum atomic E-state index is 0.386. The van der Waals surface area contributed by atoms with Gasteiger partial charge in [-0.05, 0) is 73.9 Å². The average Bonchev–Trinajstić information content (AvgIpc) is 2.91. The van der Waals surface area contributed by atoms with Crippen LogP contribution in [0.5, 0.6) is 11.5 Å². The second kappa shape index (κ2) is 11.2. The van der Waals surface area contributed by atoms with Crippen LogP contribution in [-0.4, -0.2) is 47.7 Å². The van der Waals surface area contributed by atoms with Gasteiger partial charge in [0.1, 0.15) is 23.6 Å². The van der Waals surface area contributed by atoms with E-state index in [1.807, 2.05) is 61.5 Å². The molecule has 36 heavy (non-hydrogen) atoms. The lowest BCUT2D eigenvalue weighted by Crippen LogP contribution is -2.36. The second-order valence-electron chi connectivity index (χ2n) is 8.99. The first-order chi connectivity index (χ1) is 17.7. The standard InChI is InChI=1S/C30H30N4O2/c1-22-19-24(11-13-29(22)36-26-8-4-3-5-9-26)33-30-27-20-23(10-12-28(27)31-21-32-30)7-6-16-34-17-14-25(35-2)15-18-34/h3-5,8-13,19-21,25H,14-18H2,1-2H3,(H,31,32,33). The van der Waals surface area contributed by atoms with Crippen molar-refractivity contribution in [2.24, 2.45) is 0 Å². The summed E-state index contributed by atoms with van der Waals surface area (Å²) < 4.78 is 11.5. The van der Waals surface area contributed by atoms with Crippen LogP contribution in [0, 0.1) is 18.8 Å². The molecule has 0 aliphatic carbocycles. The molecule has 0 saturated carbocycles. The van der Waals surface area contributed by atoms with Crippen molar-refractivity contribution in [2.75, 3.05) is 32.1 Å². The summed E-state index contributed by atoms with van der Waals surface area (Å²) in [4.78, 5) is 11.3. The Labute approximate surface area is 212 Å². The topological polar surface area (TPSA) is 59.5 Å². The van der Waals surface area contributed by atoms with Gasteiger partial charge in [0, 0.05) is 36.8 Å². The molecule has 0 spiro atoms. The van der Waals surface area contributed by atoms with E-state index in [9.17, 15) is 0 Å². The first kappa shape index (κ1) is 23.8. The zero-order valence-electron chi connectivity index (χ0n) is 20.7. The Bertz CT molecular complexity index is 1390. The Hall–Kier alpha value is -3.92. The number of fused-ring (bicyclic) bond motifs is 1. The number of likely N-dealkylation sites (tertiary alicyclic amines) is 1. The summed E-state index contributed by atoms with van der Waals surface area (Å²) in [6.45, 7) is 4.86. The molecule has 3 aromatic carbocycles. The van der Waals surface area contributed by atoms with Crippen LogP contribution >= 0.6 is 0 Å². The smallest absolute Gasteiger partial charge is 0.141 e. The lowest BCUT2D eigenvalue weighted by Gasteiger charge is -2.29. The Morgan fingerprint density at radius 3 is 2.61 bits per heavy atom. The zero-order chi connectivity index (χ0) is 24.7. The summed E-state index contributed by atoms with van der Waals surface area (Å²) in [7, 11) is 1.79. The normalized spacial score (nSPS) is 14.3. The van der Waals surface area contributed by atoms with Gasteiger partial charge in [-0.1, -0.05) is 30.0 Å². The van der Waals surface area contributed by atoms with Crippen LogP contribution in [0.3, 0.4) is 0 Å². The average molecular weight is 479 g/mol. The van der Waals surface area contributed by atoms with Gasteiger partial charge in [0.05, 0.1) is 18.2 Å². The van der Waals surface area contributed by atoms with Crippen LogP contribution in [-0.2, 0) is 4.74 Å². The van der Waals surface area contributed by atoms with E-state index in [-0.39, 0.29) is 0 Å². The molecule has 0 amide bonds. The van der Waals surface area contributed by atoms with Crippen molar-refractivity contribution < 1.29 is 9.47 Å². The molecule has 1 N–H and O–H groups in total. The van der Waals surface area contributed by atoms with E-state index in [4.69, 9.17) is 9.47 Å². The third kappa shape index (κ3) is 5.83. The van der Waals surface area contributed by atoms with Gasteiger partial charge in [-0.15, -0.1) is 0 Å². The molecule has 6 nitrogen and oxygen atoms in total. The van der Waals surface area contributed by atoms with Gasteiger partial charge in [0.15, 0.2) is 0 Å². The number of piperidine rings is 1. The Morgan fingerprint density at radius 1 is 1.00 bits per heavy atom. The molecule has 6 heteroatoms. The van der Waals surface area contributed by atoms with Crippen LogP contribution in [0.2, 0.25) is 0 Å². The Kier molecular flexibility index (Phi) is 7.41. The minimum absolute atomic E-state index is 0.386. The molecule has 4 aromatic rings. The van der Waals surface area contributed by atoms with Gasteiger partial charge in [-0.3, -0.25) is 4.90 Å². The van der Waals surface area contributed by atoms with E-state index >= 15 is 0 Å². The molecule has 1 aliphatic rings. The predicted molar refractivity (Wildman–Crippen MR) is 144 cm³/mol. The summed E-state index contributed by atoms with van der Waals surface area (Å²) in [5.74, 6) is 9.04. The lowest BCUT2D eigenvalue weighted by molar-refractivity contribution is 0.0450. The molecule has 0 atom stereocenters. The van der Waals surface area contributed by atoms with Crippen molar-refractivity contribution in [3.63, 3.8) is 0 Å². The van der Waals surface area contributed by atoms with Crippen molar-refractivity contribution in [1.29, 1.82) is 0 Å². The van der Waals surface area contributed by atoms with E-state index < -0.39 is 0 Å². The van der Waals surface area contributed by atoms with E-state index in [0.29, 0.717) is 6.10 Å². The number of aromatic nitrogens is 2. The molecule has 5 rings (SSSR count). The van der Waals surface area contributed by atoms with Crippen LogP contribution in [0.4, 0.5) is 11.5 Å². The zero-order valence-corrected chi connectivity index (χ0v) is 20.7. The summed E-state index contributed by atoms with van der Waals surface area (Å²) in [5.41, 5.74) is 3.79. The molecule has 1 aliphatic heterocycles. The van der Waals surface area contributed by atoms with E-state index in [0.717, 1.165) is 77.5 Å². The van der Waals surface area contributed by atoms with E-state index in [1.54, 1.807) is 13.4 Å². The van der Waals surface area contributed by atoms with Gasteiger partial charge >= 0.3 is 0 Å². The van der Waals surface area contributed by atoms with Gasteiger partial charge < -0.3 is 14.8 Å². The molecular weight excluding hydrogens is 448 g/mol. The lowest BCUT2D eigenvalue weighted by atomic mass is 10.1. The second-order valence-corrected chi connectivity index (χ2v) is 8.99. The number of para-hydroxylation sites is 1. The maximum atomic E-state index is 6.01. The molecule has 0 unspecified atom stereocenters. The highest BCUT2D eigenvalue weighted by molar-refractivity contribution is 5.91. The fourth-order valence-electron chi connectivity index (χ4n) is 4.38. The first-order valence-corrected chi connectivity index (χ1v) is 12.3. The molecule has 2 heterocycles. The molecular formula is C30H30N4O2. The molecule has 1 aromatic heterocycles. The van der Waals surface area contributed by atoms with Crippen molar-refractivity contribution in [3.05, 3.63) is 84.2 Å². The van der Waals surface area contributed by atoms with Crippen LogP contribution in [0.25, 0.3) is 10.9 Å². The van der Waals surface area contributed by atoms with Crippen LogP contribution < -0.4 is 10.1 Å². The Morgan fingerprint density at radius 2 is 1.83 bits per heavy atom. The molecule has 1 fully saturated rings. The molecule has 1 saturated heterocycles. The predicted octanol–water partition coefficient (Wildman–Crippen LogP) is 5.94. The fraction of sp³-hybridized carbons (Fsp3) is 0.267. The number of benzene rings is 3. The van der Waals surface area contributed by atoms with Gasteiger partial charge in [-0.25, -0.2) is 9.97 Å². The van der Waals surface area contributed by atoms with Crippen molar-refractivity contribution in [1.82, 2.24) is 14.9 Å². The van der Waals surface area contributed by atoms with Crippen molar-refractivity contribution in [3.8, 4) is 23.3 Å². The quantitative estimate of drug-likeness (QED) is 0.346. The van der Waals surface area contributed by atoms with Crippen LogP contribution in [0.15, 0.2) is 73.1 Å². The van der Waals surface area contributed by atoms with E-state index in [1.165, 1.54) is 0 Å². The van der Waals surface area contributed by atoms with Gasteiger partial charge in [-0.2, -0.15) is 0 Å². The number of ether oxygens (including phenoxy) is 2. The Balaban J connectivity index is 1.30. The highest BCUT2D eigenvalue weighted by Crippen LogP contribution is 2.30.